The third-order valence-corrected chi connectivity index (χ3v) is 3.81. The van der Waals surface area contributed by atoms with E-state index in [0.717, 1.165) is 45.8 Å². The van der Waals surface area contributed by atoms with Crippen molar-refractivity contribution in [2.45, 2.75) is 25.6 Å². The Morgan fingerprint density at radius 1 is 1.31 bits per heavy atom. The predicted octanol–water partition coefficient (Wildman–Crippen LogP) is 0.0197. The number of rotatable bonds is 2. The van der Waals surface area contributed by atoms with E-state index < -0.39 is 0 Å². The molecule has 0 aromatic carbocycles. The van der Waals surface area contributed by atoms with Crippen LogP contribution in [-0.2, 0) is 4.74 Å². The molecule has 2 aliphatic rings. The number of hydrogen-bond acceptors (Lipinski definition) is 4. The molecule has 1 N–H and O–H groups in total. The number of likely N-dealkylation sites (N-methyl/N-ethyl adjacent to an activating group) is 1. The summed E-state index contributed by atoms with van der Waals surface area (Å²) in [6, 6.07) is 0. The van der Waals surface area contributed by atoms with E-state index in [1.165, 1.54) is 0 Å². The van der Waals surface area contributed by atoms with Gasteiger partial charge in [-0.3, -0.25) is 4.90 Å². The Hall–Kier alpha value is -0.160. The number of likely N-dealkylation sites (tertiary alicyclic amines) is 1. The highest BCUT2D eigenvalue weighted by Crippen LogP contribution is 2.18. The number of ether oxygens (including phenoxy) is 1. The van der Waals surface area contributed by atoms with Crippen LogP contribution in [0.5, 0.6) is 0 Å². The molecule has 94 valence electrons. The summed E-state index contributed by atoms with van der Waals surface area (Å²) in [6.45, 7) is 7.90. The predicted molar refractivity (Wildman–Crippen MR) is 63.5 cm³/mol. The lowest BCUT2D eigenvalue weighted by molar-refractivity contribution is -0.0520. The summed E-state index contributed by atoms with van der Waals surface area (Å²) in [5.74, 6) is 0.450. The third-order valence-electron chi connectivity index (χ3n) is 3.81. The van der Waals surface area contributed by atoms with Gasteiger partial charge in [0.1, 0.15) is 0 Å². The average Bonchev–Trinajstić information content (AvgIpc) is 2.24. The second kappa shape index (κ2) is 5.45. The van der Waals surface area contributed by atoms with Crippen LogP contribution in [0.1, 0.15) is 13.3 Å². The quantitative estimate of drug-likeness (QED) is 0.723. The van der Waals surface area contributed by atoms with Crippen molar-refractivity contribution in [1.82, 2.24) is 9.80 Å². The summed E-state index contributed by atoms with van der Waals surface area (Å²) in [5.41, 5.74) is 0. The molecule has 0 aromatic heterocycles. The third kappa shape index (κ3) is 3.17. The summed E-state index contributed by atoms with van der Waals surface area (Å²) in [4.78, 5) is 4.66. The molecule has 4 heteroatoms. The number of aliphatic hydroxyl groups excluding tert-OH is 1. The first-order valence-corrected chi connectivity index (χ1v) is 6.35. The van der Waals surface area contributed by atoms with Crippen molar-refractivity contribution in [3.05, 3.63) is 0 Å². The van der Waals surface area contributed by atoms with Gasteiger partial charge in [-0.05, 0) is 25.9 Å². The fourth-order valence-corrected chi connectivity index (χ4v) is 2.55. The minimum atomic E-state index is -0.157. The molecule has 3 unspecified atom stereocenters. The smallest absolute Gasteiger partial charge is 0.0829 e. The minimum Gasteiger partial charge on any atom is -0.392 e. The van der Waals surface area contributed by atoms with Crippen LogP contribution in [0.25, 0.3) is 0 Å². The Morgan fingerprint density at radius 2 is 2.12 bits per heavy atom. The standard InChI is InChI=1S/C12H24N2O2/c1-10-3-4-14(9-12(10)15)8-11-7-13(2)5-6-16-11/h10-12,15H,3-9H2,1-2H3. The van der Waals surface area contributed by atoms with Crippen LogP contribution in [0.2, 0.25) is 0 Å². The van der Waals surface area contributed by atoms with E-state index in [0.29, 0.717) is 12.0 Å². The van der Waals surface area contributed by atoms with Crippen LogP contribution in [-0.4, -0.2) is 73.5 Å². The zero-order chi connectivity index (χ0) is 11.5. The average molecular weight is 228 g/mol. The molecule has 2 saturated heterocycles. The maximum absolute atomic E-state index is 9.84. The molecule has 2 heterocycles. The van der Waals surface area contributed by atoms with E-state index in [2.05, 4.69) is 23.8 Å². The monoisotopic (exact) mass is 228 g/mol. The van der Waals surface area contributed by atoms with E-state index >= 15 is 0 Å². The molecular weight excluding hydrogens is 204 g/mol. The minimum absolute atomic E-state index is 0.157. The Bertz CT molecular complexity index is 225. The van der Waals surface area contributed by atoms with Crippen molar-refractivity contribution in [3.63, 3.8) is 0 Å². The zero-order valence-electron chi connectivity index (χ0n) is 10.4. The molecule has 0 spiro atoms. The first-order chi connectivity index (χ1) is 7.65. The first kappa shape index (κ1) is 12.3. The van der Waals surface area contributed by atoms with Crippen molar-refractivity contribution in [2.75, 3.05) is 46.4 Å². The van der Waals surface area contributed by atoms with Crippen molar-refractivity contribution in [2.24, 2.45) is 5.92 Å². The summed E-state index contributed by atoms with van der Waals surface area (Å²) >= 11 is 0. The normalized spacial score (nSPS) is 38.8. The summed E-state index contributed by atoms with van der Waals surface area (Å²) in [7, 11) is 2.14. The van der Waals surface area contributed by atoms with E-state index in [4.69, 9.17) is 4.74 Å². The van der Waals surface area contributed by atoms with Crippen LogP contribution in [0.3, 0.4) is 0 Å². The molecule has 2 aliphatic heterocycles. The molecule has 0 amide bonds. The van der Waals surface area contributed by atoms with Crippen molar-refractivity contribution >= 4 is 0 Å². The van der Waals surface area contributed by atoms with Gasteiger partial charge in [0.25, 0.3) is 0 Å². The molecule has 2 fully saturated rings. The summed E-state index contributed by atoms with van der Waals surface area (Å²) < 4.78 is 5.75. The molecule has 0 saturated carbocycles. The molecule has 2 rings (SSSR count). The zero-order valence-corrected chi connectivity index (χ0v) is 10.4. The van der Waals surface area contributed by atoms with Crippen LogP contribution < -0.4 is 0 Å². The SMILES string of the molecule is CC1CCN(CC2CN(C)CCO2)CC1O. The van der Waals surface area contributed by atoms with Crippen molar-refractivity contribution in [1.29, 1.82) is 0 Å². The van der Waals surface area contributed by atoms with Gasteiger partial charge in [0.15, 0.2) is 0 Å². The molecule has 0 radical (unpaired) electrons. The number of nitrogens with zero attached hydrogens (tertiary/aromatic N) is 2. The molecule has 0 aromatic rings. The number of morpholine rings is 1. The summed E-state index contributed by atoms with van der Waals surface area (Å²) in [5, 5.41) is 9.84. The maximum atomic E-state index is 9.84. The Morgan fingerprint density at radius 3 is 2.81 bits per heavy atom. The van der Waals surface area contributed by atoms with Gasteiger partial charge < -0.3 is 14.7 Å². The van der Waals surface area contributed by atoms with Gasteiger partial charge in [-0.2, -0.15) is 0 Å². The van der Waals surface area contributed by atoms with E-state index in [-0.39, 0.29) is 6.10 Å². The van der Waals surface area contributed by atoms with Crippen LogP contribution >= 0.6 is 0 Å². The molecule has 0 aliphatic carbocycles. The van der Waals surface area contributed by atoms with Crippen molar-refractivity contribution in [3.8, 4) is 0 Å². The topological polar surface area (TPSA) is 35.9 Å². The number of β-amino-alcohol motifs (C(OH)–C–C–N with tert-alkyl or cyclic N) is 1. The Labute approximate surface area is 98.2 Å². The second-order valence-corrected chi connectivity index (χ2v) is 5.35. The van der Waals surface area contributed by atoms with E-state index in [1.54, 1.807) is 0 Å². The fourth-order valence-electron chi connectivity index (χ4n) is 2.55. The van der Waals surface area contributed by atoms with Gasteiger partial charge >= 0.3 is 0 Å². The van der Waals surface area contributed by atoms with Crippen molar-refractivity contribution < 1.29 is 9.84 Å². The molecular formula is C12H24N2O2. The second-order valence-electron chi connectivity index (χ2n) is 5.35. The molecule has 4 nitrogen and oxygen atoms in total. The molecule has 0 bridgehead atoms. The van der Waals surface area contributed by atoms with Gasteiger partial charge in [0, 0.05) is 26.2 Å². The van der Waals surface area contributed by atoms with Crippen LogP contribution in [0.4, 0.5) is 0 Å². The number of piperidine rings is 1. The van der Waals surface area contributed by atoms with E-state index in [1.807, 2.05) is 0 Å². The Balaban J connectivity index is 1.76. The highest BCUT2D eigenvalue weighted by molar-refractivity contribution is 4.80. The highest BCUT2D eigenvalue weighted by Gasteiger charge is 2.27. The number of hydrogen-bond donors (Lipinski definition) is 1. The van der Waals surface area contributed by atoms with Gasteiger partial charge in [-0.15, -0.1) is 0 Å². The van der Waals surface area contributed by atoms with Crippen LogP contribution in [0, 0.1) is 5.92 Å². The van der Waals surface area contributed by atoms with Gasteiger partial charge in [0.2, 0.25) is 0 Å². The Kier molecular flexibility index (Phi) is 4.19. The summed E-state index contributed by atoms with van der Waals surface area (Å²) in [6.07, 6.45) is 1.26. The van der Waals surface area contributed by atoms with Gasteiger partial charge in [-0.1, -0.05) is 6.92 Å². The van der Waals surface area contributed by atoms with E-state index in [9.17, 15) is 5.11 Å². The van der Waals surface area contributed by atoms with Gasteiger partial charge in [-0.25, -0.2) is 0 Å². The number of aliphatic hydroxyl groups is 1. The van der Waals surface area contributed by atoms with Crippen LogP contribution in [0.15, 0.2) is 0 Å². The lowest BCUT2D eigenvalue weighted by Gasteiger charge is -2.38. The van der Waals surface area contributed by atoms with Gasteiger partial charge in [0.05, 0.1) is 18.8 Å². The largest absolute Gasteiger partial charge is 0.392 e. The highest BCUT2D eigenvalue weighted by atomic mass is 16.5. The first-order valence-electron chi connectivity index (χ1n) is 6.35. The lowest BCUT2D eigenvalue weighted by Crippen LogP contribution is -2.50. The fraction of sp³-hybridized carbons (Fsp3) is 1.00. The lowest BCUT2D eigenvalue weighted by atomic mass is 9.96. The maximum Gasteiger partial charge on any atom is 0.0829 e. The molecule has 16 heavy (non-hydrogen) atoms. The molecule has 3 atom stereocenters.